The maximum atomic E-state index is 11.5. The standard InChI is InChI=1S/C20H31NO2/c1-3-5-6-7-8-9-10-11-12-16-19(23-20(22)4-2)18-15-13-14-17-21-18/h4,13-15,17,19H,2-3,5-12,16H2,1H3. The van der Waals surface area contributed by atoms with E-state index in [0.717, 1.165) is 18.5 Å². The average Bonchev–Trinajstić information content (AvgIpc) is 2.59. The van der Waals surface area contributed by atoms with E-state index >= 15 is 0 Å². The van der Waals surface area contributed by atoms with Gasteiger partial charge in [0.25, 0.3) is 0 Å². The molecule has 3 nitrogen and oxygen atoms in total. The molecule has 3 heteroatoms. The van der Waals surface area contributed by atoms with Gasteiger partial charge in [0.1, 0.15) is 6.10 Å². The first-order valence-electron chi connectivity index (χ1n) is 9.02. The summed E-state index contributed by atoms with van der Waals surface area (Å²) >= 11 is 0. The normalized spacial score (nSPS) is 11.9. The Morgan fingerprint density at radius 3 is 2.35 bits per heavy atom. The third kappa shape index (κ3) is 9.17. The lowest BCUT2D eigenvalue weighted by Crippen LogP contribution is -2.10. The molecular formula is C20H31NO2. The molecule has 1 aromatic rings. The van der Waals surface area contributed by atoms with Crippen molar-refractivity contribution in [3.63, 3.8) is 0 Å². The second kappa shape index (κ2) is 12.9. The summed E-state index contributed by atoms with van der Waals surface area (Å²) in [6.45, 7) is 5.71. The Morgan fingerprint density at radius 1 is 1.13 bits per heavy atom. The first kappa shape index (κ1) is 19.4. The van der Waals surface area contributed by atoms with Crippen molar-refractivity contribution in [3.8, 4) is 0 Å². The lowest BCUT2D eigenvalue weighted by molar-refractivity contribution is -0.144. The molecule has 0 aliphatic carbocycles. The number of carbonyl (C=O) groups excluding carboxylic acids is 1. The van der Waals surface area contributed by atoms with Crippen LogP contribution in [-0.2, 0) is 9.53 Å². The minimum Gasteiger partial charge on any atom is -0.453 e. The Labute approximate surface area is 141 Å². The first-order chi connectivity index (χ1) is 11.3. The van der Waals surface area contributed by atoms with Crippen molar-refractivity contribution in [2.24, 2.45) is 0 Å². The molecule has 0 aliphatic rings. The van der Waals surface area contributed by atoms with Gasteiger partial charge in [-0.25, -0.2) is 4.79 Å². The molecule has 1 atom stereocenters. The van der Waals surface area contributed by atoms with E-state index in [9.17, 15) is 4.79 Å². The number of hydrogen-bond donors (Lipinski definition) is 0. The zero-order valence-electron chi connectivity index (χ0n) is 14.5. The van der Waals surface area contributed by atoms with Crippen LogP contribution in [0, 0.1) is 0 Å². The fourth-order valence-corrected chi connectivity index (χ4v) is 2.66. The minimum atomic E-state index is -0.378. The fourth-order valence-electron chi connectivity index (χ4n) is 2.66. The summed E-state index contributed by atoms with van der Waals surface area (Å²) in [7, 11) is 0. The summed E-state index contributed by atoms with van der Waals surface area (Å²) < 4.78 is 5.44. The van der Waals surface area contributed by atoms with Gasteiger partial charge in [0.15, 0.2) is 0 Å². The smallest absolute Gasteiger partial charge is 0.330 e. The molecule has 0 amide bonds. The van der Waals surface area contributed by atoms with E-state index in [1.54, 1.807) is 6.20 Å². The van der Waals surface area contributed by atoms with Crippen molar-refractivity contribution in [2.45, 2.75) is 77.2 Å². The van der Waals surface area contributed by atoms with Crippen LogP contribution in [0.2, 0.25) is 0 Å². The highest BCUT2D eigenvalue weighted by molar-refractivity contribution is 5.81. The number of esters is 1. The first-order valence-corrected chi connectivity index (χ1v) is 9.02. The largest absolute Gasteiger partial charge is 0.453 e. The summed E-state index contributed by atoms with van der Waals surface area (Å²) in [6.07, 6.45) is 15.1. The molecule has 0 aliphatic heterocycles. The Bertz CT molecular complexity index is 431. The van der Waals surface area contributed by atoms with Gasteiger partial charge in [-0.15, -0.1) is 0 Å². The summed E-state index contributed by atoms with van der Waals surface area (Å²) in [4.78, 5) is 15.8. The number of nitrogens with zero attached hydrogens (tertiary/aromatic N) is 1. The molecule has 128 valence electrons. The SMILES string of the molecule is C=CC(=O)OC(CCCCCCCCCCC)c1ccccn1. The Kier molecular flexibility index (Phi) is 10.9. The van der Waals surface area contributed by atoms with Gasteiger partial charge in [0, 0.05) is 12.3 Å². The number of pyridine rings is 1. The average molecular weight is 317 g/mol. The van der Waals surface area contributed by atoms with E-state index in [2.05, 4.69) is 18.5 Å². The highest BCUT2D eigenvalue weighted by atomic mass is 16.5. The molecule has 0 saturated heterocycles. The number of hydrogen-bond acceptors (Lipinski definition) is 3. The number of ether oxygens (including phenoxy) is 1. The molecule has 0 radical (unpaired) electrons. The van der Waals surface area contributed by atoms with Crippen molar-refractivity contribution in [3.05, 3.63) is 42.7 Å². The zero-order chi connectivity index (χ0) is 16.8. The maximum Gasteiger partial charge on any atom is 0.330 e. The van der Waals surface area contributed by atoms with Crippen LogP contribution in [0.3, 0.4) is 0 Å². The van der Waals surface area contributed by atoms with E-state index in [1.165, 1.54) is 57.4 Å². The van der Waals surface area contributed by atoms with Crippen LogP contribution < -0.4 is 0 Å². The molecule has 1 aromatic heterocycles. The van der Waals surface area contributed by atoms with E-state index in [0.29, 0.717) is 0 Å². The van der Waals surface area contributed by atoms with Crippen LogP contribution >= 0.6 is 0 Å². The van der Waals surface area contributed by atoms with Crippen LogP contribution in [0.15, 0.2) is 37.1 Å². The molecular weight excluding hydrogens is 286 g/mol. The molecule has 0 saturated carbocycles. The monoisotopic (exact) mass is 317 g/mol. The summed E-state index contributed by atoms with van der Waals surface area (Å²) in [5, 5.41) is 0. The van der Waals surface area contributed by atoms with E-state index in [1.807, 2.05) is 18.2 Å². The molecule has 23 heavy (non-hydrogen) atoms. The maximum absolute atomic E-state index is 11.5. The molecule has 1 unspecified atom stereocenters. The molecule has 0 N–H and O–H groups in total. The number of unbranched alkanes of at least 4 members (excludes halogenated alkanes) is 8. The van der Waals surface area contributed by atoms with Crippen molar-refractivity contribution >= 4 is 5.97 Å². The molecule has 0 aromatic carbocycles. The van der Waals surface area contributed by atoms with E-state index in [-0.39, 0.29) is 12.1 Å². The Morgan fingerprint density at radius 2 is 1.78 bits per heavy atom. The minimum absolute atomic E-state index is 0.258. The fraction of sp³-hybridized carbons (Fsp3) is 0.600. The van der Waals surface area contributed by atoms with Crippen molar-refractivity contribution < 1.29 is 9.53 Å². The van der Waals surface area contributed by atoms with Crippen LogP contribution in [0.5, 0.6) is 0 Å². The molecule has 0 bridgehead atoms. The van der Waals surface area contributed by atoms with Gasteiger partial charge in [-0.2, -0.15) is 0 Å². The van der Waals surface area contributed by atoms with Crippen molar-refractivity contribution in [1.82, 2.24) is 4.98 Å². The van der Waals surface area contributed by atoms with E-state index in [4.69, 9.17) is 4.74 Å². The molecule has 0 spiro atoms. The van der Waals surface area contributed by atoms with Gasteiger partial charge in [-0.1, -0.05) is 70.9 Å². The quantitative estimate of drug-likeness (QED) is 0.263. The second-order valence-corrected chi connectivity index (χ2v) is 6.00. The van der Waals surface area contributed by atoms with Gasteiger partial charge in [-0.3, -0.25) is 4.98 Å². The lowest BCUT2D eigenvalue weighted by atomic mass is 10.0. The molecule has 1 rings (SSSR count). The number of rotatable bonds is 13. The third-order valence-corrected chi connectivity index (χ3v) is 4.01. The third-order valence-electron chi connectivity index (χ3n) is 4.01. The van der Waals surface area contributed by atoms with Gasteiger partial charge < -0.3 is 4.74 Å². The predicted molar refractivity (Wildman–Crippen MR) is 95.1 cm³/mol. The summed E-state index contributed by atoms with van der Waals surface area (Å²) in [6, 6.07) is 5.70. The summed E-state index contributed by atoms with van der Waals surface area (Å²) in [5.74, 6) is -0.378. The second-order valence-electron chi connectivity index (χ2n) is 6.00. The summed E-state index contributed by atoms with van der Waals surface area (Å²) in [5.41, 5.74) is 0.822. The molecule has 0 fully saturated rings. The zero-order valence-corrected chi connectivity index (χ0v) is 14.5. The van der Waals surface area contributed by atoms with Gasteiger partial charge in [0.05, 0.1) is 5.69 Å². The van der Waals surface area contributed by atoms with Crippen LogP contribution in [0.4, 0.5) is 0 Å². The highest BCUT2D eigenvalue weighted by Gasteiger charge is 2.15. The Hall–Kier alpha value is -1.64. The van der Waals surface area contributed by atoms with Crippen LogP contribution in [0.25, 0.3) is 0 Å². The predicted octanol–water partition coefficient (Wildman–Crippen LogP) is 5.77. The topological polar surface area (TPSA) is 39.2 Å². The number of aromatic nitrogens is 1. The lowest BCUT2D eigenvalue weighted by Gasteiger charge is -2.16. The van der Waals surface area contributed by atoms with Gasteiger partial charge in [-0.05, 0) is 25.0 Å². The van der Waals surface area contributed by atoms with Crippen molar-refractivity contribution in [2.75, 3.05) is 0 Å². The van der Waals surface area contributed by atoms with E-state index < -0.39 is 0 Å². The molecule has 1 heterocycles. The van der Waals surface area contributed by atoms with Crippen molar-refractivity contribution in [1.29, 1.82) is 0 Å². The van der Waals surface area contributed by atoms with Gasteiger partial charge in [0.2, 0.25) is 0 Å². The highest BCUT2D eigenvalue weighted by Crippen LogP contribution is 2.23. The van der Waals surface area contributed by atoms with Gasteiger partial charge >= 0.3 is 5.97 Å². The number of carbonyl (C=O) groups is 1. The van der Waals surface area contributed by atoms with Crippen LogP contribution in [-0.4, -0.2) is 11.0 Å². The Balaban J connectivity index is 2.24. The van der Waals surface area contributed by atoms with Crippen LogP contribution in [0.1, 0.15) is 82.9 Å².